The summed E-state index contributed by atoms with van der Waals surface area (Å²) in [5, 5.41) is 13.4. The monoisotopic (exact) mass is 493 g/mol. The number of thiophene rings is 1. The van der Waals surface area contributed by atoms with Crippen LogP contribution in [0.4, 0.5) is 0 Å². The first kappa shape index (κ1) is 24.3. The van der Waals surface area contributed by atoms with Crippen molar-refractivity contribution in [1.82, 2.24) is 4.90 Å². The zero-order chi connectivity index (χ0) is 24.9. The van der Waals surface area contributed by atoms with Crippen molar-refractivity contribution in [2.24, 2.45) is 0 Å². The van der Waals surface area contributed by atoms with Crippen molar-refractivity contribution in [3.05, 3.63) is 81.6 Å². The number of aliphatic hydroxyl groups excluding tert-OH is 1. The summed E-state index contributed by atoms with van der Waals surface area (Å²) in [5.74, 6) is -0.184. The fourth-order valence-electron chi connectivity index (χ4n) is 4.15. The van der Waals surface area contributed by atoms with Crippen molar-refractivity contribution in [1.29, 1.82) is 0 Å². The Balaban J connectivity index is 1.89. The largest absolute Gasteiger partial charge is 0.507 e. The number of ketones is 1. The van der Waals surface area contributed by atoms with Crippen LogP contribution in [0.5, 0.6) is 17.2 Å². The molecule has 2 aromatic carbocycles. The van der Waals surface area contributed by atoms with Crippen LogP contribution < -0.4 is 14.2 Å². The third-order valence-electron chi connectivity index (χ3n) is 5.67. The Labute approximate surface area is 208 Å². The lowest BCUT2D eigenvalue weighted by molar-refractivity contribution is -0.140. The Hall–Kier alpha value is -3.78. The van der Waals surface area contributed by atoms with Crippen LogP contribution in [-0.2, 0) is 16.1 Å². The van der Waals surface area contributed by atoms with E-state index in [2.05, 4.69) is 0 Å². The summed E-state index contributed by atoms with van der Waals surface area (Å²) >= 11 is 1.50. The predicted molar refractivity (Wildman–Crippen MR) is 134 cm³/mol. The highest BCUT2D eigenvalue weighted by molar-refractivity contribution is 7.09. The van der Waals surface area contributed by atoms with Gasteiger partial charge in [0.05, 0.1) is 44.0 Å². The van der Waals surface area contributed by atoms with Gasteiger partial charge in [0, 0.05) is 10.9 Å². The van der Waals surface area contributed by atoms with Gasteiger partial charge in [-0.3, -0.25) is 9.59 Å². The molecule has 8 heteroatoms. The second kappa shape index (κ2) is 10.7. The standard InChI is InChI=1S/C27H27NO6S/c1-4-33-19-11-12-21(22(15-19)34-5-2)25(29)23-24(17-8-6-9-18(14-17)32-3)28(27(31)26(23)30)16-20-10-7-13-35-20/h6-15,24,29H,4-5,16H2,1-3H3/b25-23-. The molecule has 0 radical (unpaired) electrons. The fraction of sp³-hybridized carbons (Fsp3) is 0.259. The number of likely N-dealkylation sites (tertiary alicyclic amines) is 1. The summed E-state index contributed by atoms with van der Waals surface area (Å²) in [6.45, 7) is 4.76. The molecule has 35 heavy (non-hydrogen) atoms. The Kier molecular flexibility index (Phi) is 7.41. The van der Waals surface area contributed by atoms with Gasteiger partial charge in [0.2, 0.25) is 0 Å². The predicted octanol–water partition coefficient (Wildman–Crippen LogP) is 5.18. The number of ether oxygens (including phenoxy) is 3. The maximum atomic E-state index is 13.3. The number of benzene rings is 2. The van der Waals surface area contributed by atoms with E-state index >= 15 is 0 Å². The molecule has 2 heterocycles. The number of methoxy groups -OCH3 is 1. The van der Waals surface area contributed by atoms with Crippen LogP contribution in [-0.4, -0.2) is 42.0 Å². The fourth-order valence-corrected chi connectivity index (χ4v) is 4.85. The van der Waals surface area contributed by atoms with E-state index in [4.69, 9.17) is 14.2 Å². The zero-order valence-electron chi connectivity index (χ0n) is 19.8. The van der Waals surface area contributed by atoms with Crippen molar-refractivity contribution in [2.75, 3.05) is 20.3 Å². The van der Waals surface area contributed by atoms with Crippen molar-refractivity contribution >= 4 is 28.8 Å². The van der Waals surface area contributed by atoms with E-state index in [1.807, 2.05) is 37.4 Å². The number of carbonyl (C=O) groups excluding carboxylic acids is 2. The molecule has 1 unspecified atom stereocenters. The molecule has 1 atom stereocenters. The Bertz CT molecular complexity index is 1250. The lowest BCUT2D eigenvalue weighted by Crippen LogP contribution is -2.28. The van der Waals surface area contributed by atoms with Gasteiger partial charge in [-0.25, -0.2) is 0 Å². The highest BCUT2D eigenvalue weighted by Crippen LogP contribution is 2.43. The summed E-state index contributed by atoms with van der Waals surface area (Å²) in [7, 11) is 1.55. The van der Waals surface area contributed by atoms with Gasteiger partial charge in [-0.2, -0.15) is 0 Å². The minimum Gasteiger partial charge on any atom is -0.507 e. The first-order chi connectivity index (χ1) is 17.0. The van der Waals surface area contributed by atoms with E-state index in [0.717, 1.165) is 4.88 Å². The molecule has 1 fully saturated rings. The van der Waals surface area contributed by atoms with E-state index < -0.39 is 17.7 Å². The molecule has 0 aliphatic carbocycles. The summed E-state index contributed by atoms with van der Waals surface area (Å²) in [6, 6.07) is 15.2. The third-order valence-corrected chi connectivity index (χ3v) is 6.54. The van der Waals surface area contributed by atoms with Gasteiger partial charge in [0.1, 0.15) is 23.0 Å². The number of aliphatic hydroxyl groups is 1. The second-order valence-electron chi connectivity index (χ2n) is 7.81. The molecular weight excluding hydrogens is 466 g/mol. The molecule has 1 amide bonds. The summed E-state index contributed by atoms with van der Waals surface area (Å²) < 4.78 is 16.7. The molecule has 182 valence electrons. The SMILES string of the molecule is CCOc1ccc(/C(O)=C2/C(=O)C(=O)N(Cc3cccs3)C2c2cccc(OC)c2)c(OCC)c1. The van der Waals surface area contributed by atoms with Crippen molar-refractivity contribution in [3.63, 3.8) is 0 Å². The van der Waals surface area contributed by atoms with E-state index in [-0.39, 0.29) is 17.9 Å². The van der Waals surface area contributed by atoms with Crippen molar-refractivity contribution < 1.29 is 28.9 Å². The molecule has 7 nitrogen and oxygen atoms in total. The average molecular weight is 494 g/mol. The minimum absolute atomic E-state index is 0.00456. The second-order valence-corrected chi connectivity index (χ2v) is 8.84. The zero-order valence-corrected chi connectivity index (χ0v) is 20.6. The quantitative estimate of drug-likeness (QED) is 0.251. The molecular formula is C27H27NO6S. The number of rotatable bonds is 9. The van der Waals surface area contributed by atoms with Crippen molar-refractivity contribution in [2.45, 2.75) is 26.4 Å². The van der Waals surface area contributed by atoms with Gasteiger partial charge >= 0.3 is 0 Å². The molecule has 1 aromatic heterocycles. The topological polar surface area (TPSA) is 85.3 Å². The maximum absolute atomic E-state index is 13.3. The first-order valence-electron chi connectivity index (χ1n) is 11.3. The third kappa shape index (κ3) is 4.88. The minimum atomic E-state index is -0.798. The molecule has 4 rings (SSSR count). The smallest absolute Gasteiger partial charge is 0.295 e. The molecule has 0 bridgehead atoms. The highest BCUT2D eigenvalue weighted by atomic mass is 32.1. The summed E-state index contributed by atoms with van der Waals surface area (Å²) in [5.41, 5.74) is 0.979. The molecule has 0 saturated carbocycles. The van der Waals surface area contributed by atoms with E-state index in [1.54, 1.807) is 43.5 Å². The van der Waals surface area contributed by atoms with Crippen LogP contribution in [0.25, 0.3) is 5.76 Å². The first-order valence-corrected chi connectivity index (χ1v) is 12.2. The normalized spacial score (nSPS) is 17.0. The summed E-state index contributed by atoms with van der Waals surface area (Å²) in [6.07, 6.45) is 0. The summed E-state index contributed by atoms with van der Waals surface area (Å²) in [4.78, 5) is 29.0. The van der Waals surface area contributed by atoms with Gasteiger partial charge in [-0.05, 0) is 55.1 Å². The van der Waals surface area contributed by atoms with E-state index in [9.17, 15) is 14.7 Å². The van der Waals surface area contributed by atoms with Gasteiger partial charge in [0.15, 0.2) is 0 Å². The van der Waals surface area contributed by atoms with E-state index in [0.29, 0.717) is 41.6 Å². The molecule has 1 aliphatic rings. The lowest BCUT2D eigenvalue weighted by atomic mass is 9.94. The Morgan fingerprint density at radius 3 is 2.49 bits per heavy atom. The molecule has 3 aromatic rings. The van der Waals surface area contributed by atoms with Gasteiger partial charge in [-0.1, -0.05) is 18.2 Å². The van der Waals surface area contributed by atoms with Crippen molar-refractivity contribution in [3.8, 4) is 17.2 Å². The van der Waals surface area contributed by atoms with Crippen LogP contribution in [0.15, 0.2) is 65.6 Å². The van der Waals surface area contributed by atoms with Crippen LogP contribution in [0, 0.1) is 0 Å². The number of carbonyl (C=O) groups is 2. The van der Waals surface area contributed by atoms with Crippen LogP contribution in [0.3, 0.4) is 0 Å². The van der Waals surface area contributed by atoms with Crippen LogP contribution in [0.2, 0.25) is 0 Å². The van der Waals surface area contributed by atoms with Crippen LogP contribution >= 0.6 is 11.3 Å². The molecule has 1 aliphatic heterocycles. The number of nitrogens with zero attached hydrogens (tertiary/aromatic N) is 1. The molecule has 1 N–H and O–H groups in total. The van der Waals surface area contributed by atoms with Gasteiger partial charge in [0.25, 0.3) is 11.7 Å². The molecule has 1 saturated heterocycles. The lowest BCUT2D eigenvalue weighted by Gasteiger charge is -2.25. The Morgan fingerprint density at radius 2 is 1.80 bits per heavy atom. The van der Waals surface area contributed by atoms with Crippen LogP contribution in [0.1, 0.15) is 35.9 Å². The van der Waals surface area contributed by atoms with E-state index in [1.165, 1.54) is 16.2 Å². The highest BCUT2D eigenvalue weighted by Gasteiger charge is 2.46. The van der Waals surface area contributed by atoms with Gasteiger partial charge in [-0.15, -0.1) is 11.3 Å². The molecule has 0 spiro atoms. The average Bonchev–Trinajstić information content (AvgIpc) is 3.47. The number of hydrogen-bond donors (Lipinski definition) is 1. The maximum Gasteiger partial charge on any atom is 0.295 e. The number of hydrogen-bond acceptors (Lipinski definition) is 7. The Morgan fingerprint density at radius 1 is 1.00 bits per heavy atom. The number of Topliss-reactive ketones (excluding diaryl/α,β-unsaturated/α-hetero) is 1. The number of amides is 1. The van der Waals surface area contributed by atoms with Gasteiger partial charge < -0.3 is 24.2 Å².